The van der Waals surface area contributed by atoms with E-state index in [9.17, 15) is 4.91 Å². The quantitative estimate of drug-likeness (QED) is 0.397. The molecule has 0 aromatic carbocycles. The highest BCUT2D eigenvalue weighted by Gasteiger charge is 2.03. The topological polar surface area (TPSA) is 94.9 Å². The van der Waals surface area contributed by atoms with Crippen LogP contribution in [0.5, 0.6) is 0 Å². The number of hydrogen-bond donors (Lipinski definition) is 2. The number of nitrogens with zero attached hydrogens (tertiary/aromatic N) is 4. The molecule has 0 aliphatic heterocycles. The maximum absolute atomic E-state index is 9.91. The van der Waals surface area contributed by atoms with Crippen LogP contribution in [-0.2, 0) is 6.54 Å². The van der Waals surface area contributed by atoms with Gasteiger partial charge in [-0.1, -0.05) is 10.4 Å². The maximum Gasteiger partial charge on any atom is 0.179 e. The largest absolute Gasteiger partial charge is 0.328 e. The van der Waals surface area contributed by atoms with Gasteiger partial charge in [-0.05, 0) is 0 Å². The van der Waals surface area contributed by atoms with Crippen molar-refractivity contribution in [2.24, 2.45) is 15.5 Å². The number of H-pyrrole nitrogens is 1. The van der Waals surface area contributed by atoms with Gasteiger partial charge in [0.15, 0.2) is 5.82 Å². The summed E-state index contributed by atoms with van der Waals surface area (Å²) < 4.78 is 0. The van der Waals surface area contributed by atoms with Crippen LogP contribution in [0.3, 0.4) is 0 Å². The summed E-state index contributed by atoms with van der Waals surface area (Å²) in [6.45, 7) is 0.00156. The Balaban J connectivity index is 2.76. The monoisotopic (exact) mass is 168 g/mol. The summed E-state index contributed by atoms with van der Waals surface area (Å²) in [5.41, 5.74) is 2.97. The van der Waals surface area contributed by atoms with Gasteiger partial charge in [0.05, 0.1) is 6.33 Å². The summed E-state index contributed by atoms with van der Waals surface area (Å²) >= 11 is 0. The van der Waals surface area contributed by atoms with Gasteiger partial charge in [-0.3, -0.25) is 5.43 Å². The van der Waals surface area contributed by atoms with Gasteiger partial charge < -0.3 is 4.98 Å². The molecule has 0 atom stereocenters. The first-order valence-corrected chi connectivity index (χ1v) is 3.27. The summed E-state index contributed by atoms with van der Waals surface area (Å²) in [4.78, 5) is 16.4. The van der Waals surface area contributed by atoms with Crippen LogP contribution in [0.4, 0.5) is 5.82 Å². The third kappa shape index (κ3) is 1.84. The van der Waals surface area contributed by atoms with Crippen LogP contribution < -0.4 is 5.43 Å². The first kappa shape index (κ1) is 8.31. The second-order valence-electron chi connectivity index (χ2n) is 1.91. The number of aromatic nitrogens is 2. The van der Waals surface area contributed by atoms with Crippen molar-refractivity contribution in [2.75, 3.05) is 7.05 Å². The molecule has 0 aliphatic rings. The van der Waals surface area contributed by atoms with Crippen LogP contribution in [0, 0.1) is 4.91 Å². The molecule has 1 heterocycles. The predicted octanol–water partition coefficient (Wildman–Crippen LogP) is 0.894. The zero-order valence-corrected chi connectivity index (χ0v) is 6.48. The highest BCUT2D eigenvalue weighted by molar-refractivity contribution is 5.31. The van der Waals surface area contributed by atoms with Gasteiger partial charge in [-0.2, -0.15) is 4.91 Å². The number of rotatable bonds is 4. The van der Waals surface area contributed by atoms with Crippen molar-refractivity contribution in [1.29, 1.82) is 0 Å². The van der Waals surface area contributed by atoms with E-state index >= 15 is 0 Å². The average molecular weight is 168 g/mol. The number of nitroso groups, excluding NO2 is 1. The third-order valence-electron chi connectivity index (χ3n) is 1.16. The lowest BCUT2D eigenvalue weighted by atomic mass is 10.4. The lowest BCUT2D eigenvalue weighted by Crippen LogP contribution is -1.90. The minimum Gasteiger partial charge on any atom is -0.328 e. The van der Waals surface area contributed by atoms with E-state index in [2.05, 4.69) is 30.9 Å². The SMILES string of the molecule is CN/N=N\c1[nH]cnc1CN=O. The Morgan fingerprint density at radius 3 is 3.25 bits per heavy atom. The van der Waals surface area contributed by atoms with Gasteiger partial charge in [-0.25, -0.2) is 4.98 Å². The molecule has 1 aromatic rings. The standard InChI is InChI=1S/C5H8N6O/c1-6-11-10-5-4(2-9-12)7-3-8-5/h3H,2H2,1H3,(H,6,10)(H,7,8). The normalized spacial score (nSPS) is 10.4. The molecule has 0 amide bonds. The Labute approximate surface area is 68.3 Å². The van der Waals surface area contributed by atoms with E-state index in [4.69, 9.17) is 0 Å². The molecule has 0 spiro atoms. The number of nitrogens with one attached hydrogen (secondary N) is 2. The number of imidazole rings is 1. The number of hydrogen-bond acceptors (Lipinski definition) is 5. The van der Waals surface area contributed by atoms with Crippen molar-refractivity contribution < 1.29 is 0 Å². The van der Waals surface area contributed by atoms with Gasteiger partial charge in [-0.15, -0.1) is 5.11 Å². The van der Waals surface area contributed by atoms with E-state index in [0.29, 0.717) is 11.5 Å². The van der Waals surface area contributed by atoms with Crippen molar-refractivity contribution in [1.82, 2.24) is 15.4 Å². The first-order valence-electron chi connectivity index (χ1n) is 3.27. The summed E-state index contributed by atoms with van der Waals surface area (Å²) in [6, 6.07) is 0. The lowest BCUT2D eigenvalue weighted by molar-refractivity contribution is 0.814. The second kappa shape index (κ2) is 4.16. The van der Waals surface area contributed by atoms with E-state index in [-0.39, 0.29) is 6.54 Å². The Morgan fingerprint density at radius 1 is 1.75 bits per heavy atom. The smallest absolute Gasteiger partial charge is 0.179 e. The molecule has 1 rings (SSSR count). The van der Waals surface area contributed by atoms with Crippen LogP contribution >= 0.6 is 0 Å². The van der Waals surface area contributed by atoms with Gasteiger partial charge in [0.2, 0.25) is 0 Å². The van der Waals surface area contributed by atoms with Crippen LogP contribution in [0.1, 0.15) is 5.69 Å². The highest BCUT2D eigenvalue weighted by Crippen LogP contribution is 2.13. The third-order valence-corrected chi connectivity index (χ3v) is 1.16. The van der Waals surface area contributed by atoms with Gasteiger partial charge in [0.25, 0.3) is 0 Å². The molecule has 0 saturated carbocycles. The summed E-state index contributed by atoms with van der Waals surface area (Å²) in [7, 11) is 1.62. The maximum atomic E-state index is 9.91. The van der Waals surface area contributed by atoms with Crippen molar-refractivity contribution in [3.8, 4) is 0 Å². The second-order valence-corrected chi connectivity index (χ2v) is 1.91. The zero-order valence-electron chi connectivity index (χ0n) is 6.48. The van der Waals surface area contributed by atoms with Crippen molar-refractivity contribution in [3.63, 3.8) is 0 Å². The molecule has 2 N–H and O–H groups in total. The minimum absolute atomic E-state index is 0.00156. The van der Waals surface area contributed by atoms with Crippen molar-refractivity contribution >= 4 is 5.82 Å². The van der Waals surface area contributed by atoms with E-state index in [1.54, 1.807) is 7.05 Å². The van der Waals surface area contributed by atoms with Crippen molar-refractivity contribution in [2.45, 2.75) is 6.54 Å². The molecule has 0 fully saturated rings. The zero-order chi connectivity index (χ0) is 8.81. The highest BCUT2D eigenvalue weighted by atomic mass is 16.3. The van der Waals surface area contributed by atoms with Crippen LogP contribution in [0.25, 0.3) is 0 Å². The number of aromatic amines is 1. The molecule has 0 aliphatic carbocycles. The Morgan fingerprint density at radius 2 is 2.58 bits per heavy atom. The van der Waals surface area contributed by atoms with E-state index in [1.165, 1.54) is 6.33 Å². The molecular formula is C5H8N6O. The fraction of sp³-hybridized carbons (Fsp3) is 0.400. The Kier molecular flexibility index (Phi) is 2.88. The molecule has 64 valence electrons. The molecule has 0 saturated heterocycles. The van der Waals surface area contributed by atoms with E-state index < -0.39 is 0 Å². The first-order chi connectivity index (χ1) is 5.88. The average Bonchev–Trinajstić information content (AvgIpc) is 2.50. The summed E-state index contributed by atoms with van der Waals surface area (Å²) in [5.74, 6) is 0.448. The van der Waals surface area contributed by atoms with Crippen LogP contribution in [-0.4, -0.2) is 17.0 Å². The molecule has 7 heteroatoms. The van der Waals surface area contributed by atoms with Crippen molar-refractivity contribution in [3.05, 3.63) is 16.9 Å². The van der Waals surface area contributed by atoms with E-state index in [0.717, 1.165) is 0 Å². The molecular weight excluding hydrogens is 160 g/mol. The molecule has 12 heavy (non-hydrogen) atoms. The lowest BCUT2D eigenvalue weighted by Gasteiger charge is -1.88. The Hall–Kier alpha value is -1.79. The fourth-order valence-corrected chi connectivity index (χ4v) is 0.679. The van der Waals surface area contributed by atoms with Gasteiger partial charge in [0.1, 0.15) is 12.2 Å². The summed E-state index contributed by atoms with van der Waals surface area (Å²) in [6.07, 6.45) is 1.44. The molecule has 0 radical (unpaired) electrons. The van der Waals surface area contributed by atoms with Gasteiger partial charge in [0, 0.05) is 7.05 Å². The van der Waals surface area contributed by atoms with Crippen LogP contribution in [0.15, 0.2) is 21.8 Å². The molecule has 1 aromatic heterocycles. The van der Waals surface area contributed by atoms with E-state index in [1.807, 2.05) is 0 Å². The van der Waals surface area contributed by atoms with Gasteiger partial charge >= 0.3 is 0 Å². The molecule has 0 unspecified atom stereocenters. The minimum atomic E-state index is 0.00156. The summed E-state index contributed by atoms with van der Waals surface area (Å²) in [5, 5.41) is 9.91. The molecule has 7 nitrogen and oxygen atoms in total. The fourth-order valence-electron chi connectivity index (χ4n) is 0.679. The molecule has 0 bridgehead atoms. The Bertz CT molecular complexity index is 279. The van der Waals surface area contributed by atoms with Crippen LogP contribution in [0.2, 0.25) is 0 Å². The predicted molar refractivity (Wildman–Crippen MR) is 41.7 cm³/mol.